The monoisotopic (exact) mass is 203 g/mol. The number of nitrogens with zero attached hydrogens (tertiary/aromatic N) is 1. The van der Waals surface area contributed by atoms with Gasteiger partial charge >= 0.3 is 0 Å². The molecule has 0 bridgehead atoms. The molecule has 1 fully saturated rings. The minimum absolute atomic E-state index is 1.00. The fourth-order valence-corrected chi connectivity index (χ4v) is 1.89. The number of thiol groups is 1. The molecule has 0 aromatic carbocycles. The number of rotatable bonds is 4. The Morgan fingerprint density at radius 3 is 2.23 bits per heavy atom. The highest BCUT2D eigenvalue weighted by molar-refractivity contribution is 7.77. The molecular weight excluding hydrogens is 178 g/mol. The molecule has 0 aromatic heterocycles. The van der Waals surface area contributed by atoms with Crippen molar-refractivity contribution in [2.75, 3.05) is 13.6 Å². The summed E-state index contributed by atoms with van der Waals surface area (Å²) in [6, 6.07) is 0. The lowest BCUT2D eigenvalue weighted by atomic mass is 9.73. The maximum atomic E-state index is 4.20. The van der Waals surface area contributed by atoms with E-state index in [1.54, 1.807) is 0 Å². The van der Waals surface area contributed by atoms with Gasteiger partial charge in [0.15, 0.2) is 0 Å². The summed E-state index contributed by atoms with van der Waals surface area (Å²) in [5, 5.41) is 0. The second kappa shape index (κ2) is 7.69. The molecule has 0 heterocycles. The SMILES string of the molecule is CC.CC1CCC1CCCN(C)S. The van der Waals surface area contributed by atoms with Gasteiger partial charge in [0.2, 0.25) is 0 Å². The maximum Gasteiger partial charge on any atom is 0.00839 e. The standard InChI is InChI=1S/C9H19NS.C2H6/c1-8-5-6-9(8)4-3-7-10(2)11;1-2/h8-9,11H,3-7H2,1-2H3;1-2H3. The molecule has 0 aromatic rings. The van der Waals surface area contributed by atoms with Crippen LogP contribution in [0.4, 0.5) is 0 Å². The molecule has 1 nitrogen and oxygen atoms in total. The van der Waals surface area contributed by atoms with Crippen molar-refractivity contribution < 1.29 is 0 Å². The van der Waals surface area contributed by atoms with Crippen LogP contribution in [0.25, 0.3) is 0 Å². The van der Waals surface area contributed by atoms with Crippen molar-refractivity contribution >= 4 is 12.8 Å². The van der Waals surface area contributed by atoms with Gasteiger partial charge in [-0.1, -0.05) is 40.0 Å². The molecule has 0 N–H and O–H groups in total. The van der Waals surface area contributed by atoms with Gasteiger partial charge in [0.25, 0.3) is 0 Å². The highest BCUT2D eigenvalue weighted by Crippen LogP contribution is 2.36. The molecule has 1 rings (SSSR count). The van der Waals surface area contributed by atoms with Gasteiger partial charge in [-0.25, -0.2) is 0 Å². The quantitative estimate of drug-likeness (QED) is 0.683. The minimum Gasteiger partial charge on any atom is -0.256 e. The van der Waals surface area contributed by atoms with Crippen LogP contribution in [0.3, 0.4) is 0 Å². The maximum absolute atomic E-state index is 4.20. The summed E-state index contributed by atoms with van der Waals surface area (Å²) in [6.45, 7) is 7.50. The predicted octanol–water partition coefficient (Wildman–Crippen LogP) is 3.62. The lowest BCUT2D eigenvalue weighted by Gasteiger charge is -2.34. The Balaban J connectivity index is 0.000000671. The molecule has 2 unspecified atom stereocenters. The summed E-state index contributed by atoms with van der Waals surface area (Å²) >= 11 is 4.20. The zero-order chi connectivity index (χ0) is 10.3. The third-order valence-corrected chi connectivity index (χ3v) is 3.05. The summed E-state index contributed by atoms with van der Waals surface area (Å²) < 4.78 is 1.98. The van der Waals surface area contributed by atoms with E-state index >= 15 is 0 Å². The summed E-state index contributed by atoms with van der Waals surface area (Å²) in [5.74, 6) is 2.03. The van der Waals surface area contributed by atoms with Crippen molar-refractivity contribution in [2.45, 2.75) is 46.5 Å². The Morgan fingerprint density at radius 1 is 1.31 bits per heavy atom. The van der Waals surface area contributed by atoms with Crippen LogP contribution in [0.15, 0.2) is 0 Å². The zero-order valence-electron chi connectivity index (χ0n) is 9.58. The molecule has 0 amide bonds. The zero-order valence-corrected chi connectivity index (χ0v) is 10.5. The van der Waals surface area contributed by atoms with Crippen LogP contribution in [0.1, 0.15) is 46.5 Å². The molecule has 80 valence electrons. The Kier molecular flexibility index (Phi) is 7.87. The van der Waals surface area contributed by atoms with E-state index in [-0.39, 0.29) is 0 Å². The first-order valence-corrected chi connectivity index (χ1v) is 6.00. The van der Waals surface area contributed by atoms with Crippen LogP contribution >= 0.6 is 12.8 Å². The van der Waals surface area contributed by atoms with Crippen molar-refractivity contribution in [3.8, 4) is 0 Å². The summed E-state index contributed by atoms with van der Waals surface area (Å²) in [6.07, 6.45) is 5.65. The predicted molar refractivity (Wildman–Crippen MR) is 64.1 cm³/mol. The first kappa shape index (κ1) is 13.3. The molecule has 1 saturated carbocycles. The third-order valence-electron chi connectivity index (χ3n) is 2.85. The second-order valence-corrected chi connectivity index (χ2v) is 4.52. The Morgan fingerprint density at radius 2 is 1.92 bits per heavy atom. The van der Waals surface area contributed by atoms with Gasteiger partial charge in [-0.15, -0.1) is 0 Å². The van der Waals surface area contributed by atoms with Crippen molar-refractivity contribution in [2.24, 2.45) is 11.8 Å². The van der Waals surface area contributed by atoms with E-state index in [1.165, 1.54) is 25.7 Å². The molecule has 0 saturated heterocycles. The second-order valence-electron chi connectivity index (χ2n) is 3.84. The van der Waals surface area contributed by atoms with Gasteiger partial charge < -0.3 is 0 Å². The van der Waals surface area contributed by atoms with E-state index in [2.05, 4.69) is 19.7 Å². The molecule has 0 spiro atoms. The number of hydrogen-bond donors (Lipinski definition) is 1. The van der Waals surface area contributed by atoms with Gasteiger partial charge in [-0.3, -0.25) is 4.31 Å². The smallest absolute Gasteiger partial charge is 0.00839 e. The lowest BCUT2D eigenvalue weighted by Crippen LogP contribution is -2.23. The van der Waals surface area contributed by atoms with Gasteiger partial charge in [0.1, 0.15) is 0 Å². The van der Waals surface area contributed by atoms with Crippen LogP contribution in [0.2, 0.25) is 0 Å². The lowest BCUT2D eigenvalue weighted by molar-refractivity contribution is 0.178. The van der Waals surface area contributed by atoms with E-state index in [0.29, 0.717) is 0 Å². The third kappa shape index (κ3) is 5.58. The summed E-state index contributed by atoms with van der Waals surface area (Å²) in [4.78, 5) is 0. The van der Waals surface area contributed by atoms with Gasteiger partial charge in [0.05, 0.1) is 0 Å². The Hall–Kier alpha value is 0.310. The van der Waals surface area contributed by atoms with Gasteiger partial charge in [-0.2, -0.15) is 0 Å². The Labute approximate surface area is 89.4 Å². The molecule has 1 aliphatic rings. The van der Waals surface area contributed by atoms with Crippen LogP contribution in [0.5, 0.6) is 0 Å². The average Bonchev–Trinajstić information content (AvgIpc) is 2.13. The van der Waals surface area contributed by atoms with Crippen LogP contribution < -0.4 is 0 Å². The van der Waals surface area contributed by atoms with Crippen LogP contribution in [-0.4, -0.2) is 17.9 Å². The fraction of sp³-hybridized carbons (Fsp3) is 1.00. The van der Waals surface area contributed by atoms with E-state index in [0.717, 1.165) is 18.4 Å². The van der Waals surface area contributed by atoms with E-state index in [9.17, 15) is 0 Å². The minimum atomic E-state index is 1.00. The molecule has 0 radical (unpaired) electrons. The molecule has 2 atom stereocenters. The van der Waals surface area contributed by atoms with Gasteiger partial charge in [0, 0.05) is 6.54 Å². The highest BCUT2D eigenvalue weighted by atomic mass is 32.1. The average molecular weight is 203 g/mol. The van der Waals surface area contributed by atoms with E-state index in [1.807, 2.05) is 25.2 Å². The molecule has 2 heteroatoms. The van der Waals surface area contributed by atoms with Crippen LogP contribution in [-0.2, 0) is 0 Å². The largest absolute Gasteiger partial charge is 0.256 e. The molecule has 0 aliphatic heterocycles. The normalized spacial score (nSPS) is 26.3. The van der Waals surface area contributed by atoms with Gasteiger partial charge in [-0.05, 0) is 38.1 Å². The van der Waals surface area contributed by atoms with Crippen molar-refractivity contribution in [3.05, 3.63) is 0 Å². The van der Waals surface area contributed by atoms with E-state index in [4.69, 9.17) is 0 Å². The summed E-state index contributed by atoms with van der Waals surface area (Å²) in [5.41, 5.74) is 0. The Bertz CT molecular complexity index is 115. The molecular formula is C11H25NS. The molecule has 13 heavy (non-hydrogen) atoms. The first-order chi connectivity index (χ1) is 6.20. The fourth-order valence-electron chi connectivity index (χ4n) is 1.75. The summed E-state index contributed by atoms with van der Waals surface area (Å²) in [7, 11) is 2.02. The van der Waals surface area contributed by atoms with Crippen molar-refractivity contribution in [1.29, 1.82) is 0 Å². The van der Waals surface area contributed by atoms with E-state index < -0.39 is 0 Å². The first-order valence-electron chi connectivity index (χ1n) is 5.60. The highest BCUT2D eigenvalue weighted by Gasteiger charge is 2.25. The van der Waals surface area contributed by atoms with Crippen molar-refractivity contribution in [3.63, 3.8) is 0 Å². The van der Waals surface area contributed by atoms with Crippen molar-refractivity contribution in [1.82, 2.24) is 4.31 Å². The number of hydrogen-bond acceptors (Lipinski definition) is 2. The van der Waals surface area contributed by atoms with Crippen LogP contribution in [0, 0.1) is 11.8 Å². The molecule has 1 aliphatic carbocycles. The topological polar surface area (TPSA) is 3.24 Å².